The van der Waals surface area contributed by atoms with Crippen LogP contribution in [0.25, 0.3) is 0 Å². The molecule has 1 atom stereocenters. The predicted molar refractivity (Wildman–Crippen MR) is 79.9 cm³/mol. The molecular weight excluding hydrogens is 276 g/mol. The average molecular weight is 302 g/mol. The first-order chi connectivity index (χ1) is 9.36. The molecule has 0 aliphatic rings. The maximum Gasteiger partial charge on any atom is 0.258 e. The van der Waals surface area contributed by atoms with E-state index in [0.29, 0.717) is 12.1 Å². The summed E-state index contributed by atoms with van der Waals surface area (Å²) in [7, 11) is -3.53. The van der Waals surface area contributed by atoms with Crippen molar-refractivity contribution in [1.82, 2.24) is 20.2 Å². The first-order valence-electron chi connectivity index (χ1n) is 7.14. The summed E-state index contributed by atoms with van der Waals surface area (Å²) >= 11 is 0. The molecule has 0 amide bonds. The van der Waals surface area contributed by atoms with Crippen LogP contribution in [0.15, 0.2) is 11.2 Å². The second-order valence-electron chi connectivity index (χ2n) is 5.42. The molecule has 0 saturated heterocycles. The van der Waals surface area contributed by atoms with E-state index < -0.39 is 10.0 Å². The molecule has 0 radical (unpaired) electrons. The van der Waals surface area contributed by atoms with Gasteiger partial charge in [-0.1, -0.05) is 33.6 Å². The fourth-order valence-electron chi connectivity index (χ4n) is 1.86. The Bertz CT molecular complexity index is 496. The highest BCUT2D eigenvalue weighted by Crippen LogP contribution is 2.13. The van der Waals surface area contributed by atoms with Gasteiger partial charge in [0.25, 0.3) is 10.0 Å². The molecule has 0 fully saturated rings. The van der Waals surface area contributed by atoms with Crippen molar-refractivity contribution in [1.29, 1.82) is 0 Å². The predicted octanol–water partition coefficient (Wildman–Crippen LogP) is 1.76. The fraction of sp³-hybridized carbons (Fsp3) is 0.769. The molecule has 7 heteroatoms. The van der Waals surface area contributed by atoms with E-state index in [1.807, 2.05) is 20.8 Å². The minimum Gasteiger partial charge on any atom is -0.310 e. The summed E-state index contributed by atoms with van der Waals surface area (Å²) < 4.78 is 27.3. The van der Waals surface area contributed by atoms with Crippen LogP contribution >= 0.6 is 0 Å². The molecule has 6 nitrogen and oxygen atoms in total. The molecule has 1 heterocycles. The average Bonchev–Trinajstić information content (AvgIpc) is 2.82. The minimum absolute atomic E-state index is 0.0749. The van der Waals surface area contributed by atoms with Gasteiger partial charge < -0.3 is 5.32 Å². The molecule has 116 valence electrons. The molecule has 0 aliphatic carbocycles. The number of hydrogen-bond donors (Lipinski definition) is 3. The minimum atomic E-state index is -3.53. The standard InChI is InChI=1S/C13H26N4O2S/c1-5-6-7-11(4)17-20(18,19)13-12(9-15-16-13)8-14-10(2)3/h9-11,14,17H,5-8H2,1-4H3,(H,15,16). The Morgan fingerprint density at radius 1 is 1.35 bits per heavy atom. The number of sulfonamides is 1. The summed E-state index contributed by atoms with van der Waals surface area (Å²) in [6.45, 7) is 8.48. The van der Waals surface area contributed by atoms with Crippen molar-refractivity contribution in [2.45, 2.75) is 70.6 Å². The molecule has 0 saturated carbocycles. The molecular formula is C13H26N4O2S. The number of unbranched alkanes of at least 4 members (excludes halogenated alkanes) is 1. The Morgan fingerprint density at radius 3 is 2.65 bits per heavy atom. The third-order valence-corrected chi connectivity index (χ3v) is 4.60. The maximum atomic E-state index is 12.3. The van der Waals surface area contributed by atoms with Crippen LogP contribution in [0.4, 0.5) is 0 Å². The molecule has 1 rings (SSSR count). The van der Waals surface area contributed by atoms with E-state index in [0.717, 1.165) is 19.3 Å². The lowest BCUT2D eigenvalue weighted by Crippen LogP contribution is -2.33. The third-order valence-electron chi connectivity index (χ3n) is 2.99. The molecule has 1 unspecified atom stereocenters. The lowest BCUT2D eigenvalue weighted by molar-refractivity contribution is 0.528. The van der Waals surface area contributed by atoms with Crippen LogP contribution in [-0.2, 0) is 16.6 Å². The van der Waals surface area contributed by atoms with E-state index in [2.05, 4.69) is 27.2 Å². The second kappa shape index (κ2) is 7.75. The van der Waals surface area contributed by atoms with Crippen molar-refractivity contribution in [2.24, 2.45) is 0 Å². The quantitative estimate of drug-likeness (QED) is 0.649. The third kappa shape index (κ3) is 5.22. The summed E-state index contributed by atoms with van der Waals surface area (Å²) in [6, 6.07) is 0.214. The lowest BCUT2D eigenvalue weighted by Gasteiger charge is -2.14. The molecule has 20 heavy (non-hydrogen) atoms. The van der Waals surface area contributed by atoms with E-state index in [4.69, 9.17) is 0 Å². The van der Waals surface area contributed by atoms with Gasteiger partial charge in [0, 0.05) is 24.2 Å². The normalized spacial score (nSPS) is 13.8. The lowest BCUT2D eigenvalue weighted by atomic mass is 10.2. The molecule has 1 aromatic rings. The molecule has 0 aliphatic heterocycles. The second-order valence-corrected chi connectivity index (χ2v) is 7.08. The van der Waals surface area contributed by atoms with Crippen LogP contribution in [-0.4, -0.2) is 30.7 Å². The molecule has 1 aromatic heterocycles. The van der Waals surface area contributed by atoms with Crippen molar-refractivity contribution in [3.05, 3.63) is 11.8 Å². The number of nitrogens with one attached hydrogen (secondary N) is 3. The number of hydrogen-bond acceptors (Lipinski definition) is 4. The van der Waals surface area contributed by atoms with Gasteiger partial charge in [0.15, 0.2) is 5.03 Å². The van der Waals surface area contributed by atoms with Crippen LogP contribution in [0.5, 0.6) is 0 Å². The Kier molecular flexibility index (Phi) is 6.64. The highest BCUT2D eigenvalue weighted by atomic mass is 32.2. The number of rotatable bonds is 9. The van der Waals surface area contributed by atoms with Gasteiger partial charge in [-0.05, 0) is 13.3 Å². The van der Waals surface area contributed by atoms with Crippen molar-refractivity contribution in [2.75, 3.05) is 0 Å². The van der Waals surface area contributed by atoms with Crippen LogP contribution in [0.1, 0.15) is 52.5 Å². The van der Waals surface area contributed by atoms with Gasteiger partial charge in [-0.2, -0.15) is 5.10 Å². The first-order valence-corrected chi connectivity index (χ1v) is 8.63. The Balaban J connectivity index is 2.74. The van der Waals surface area contributed by atoms with Crippen molar-refractivity contribution in [3.63, 3.8) is 0 Å². The summed E-state index contributed by atoms with van der Waals surface area (Å²) in [5.41, 5.74) is 0.661. The number of aromatic nitrogens is 2. The first kappa shape index (κ1) is 17.1. The smallest absolute Gasteiger partial charge is 0.258 e. The highest BCUT2D eigenvalue weighted by molar-refractivity contribution is 7.89. The van der Waals surface area contributed by atoms with Gasteiger partial charge in [-0.15, -0.1) is 0 Å². The van der Waals surface area contributed by atoms with Gasteiger partial charge in [0.2, 0.25) is 0 Å². The number of aromatic amines is 1. The van der Waals surface area contributed by atoms with Crippen molar-refractivity contribution in [3.8, 4) is 0 Å². The molecule has 0 spiro atoms. The summed E-state index contributed by atoms with van der Waals surface area (Å²) in [5, 5.41) is 9.80. The Labute approximate surface area is 121 Å². The molecule has 0 aromatic carbocycles. The molecule has 0 bridgehead atoms. The van der Waals surface area contributed by atoms with Gasteiger partial charge in [0.1, 0.15) is 0 Å². The van der Waals surface area contributed by atoms with E-state index in [9.17, 15) is 8.42 Å². The number of nitrogens with zero attached hydrogens (tertiary/aromatic N) is 1. The largest absolute Gasteiger partial charge is 0.310 e. The van der Waals surface area contributed by atoms with Gasteiger partial charge in [-0.3, -0.25) is 5.10 Å². The Morgan fingerprint density at radius 2 is 2.05 bits per heavy atom. The summed E-state index contributed by atoms with van der Waals surface area (Å²) in [4.78, 5) is 0. The van der Waals surface area contributed by atoms with Crippen LogP contribution in [0.2, 0.25) is 0 Å². The van der Waals surface area contributed by atoms with E-state index in [1.54, 1.807) is 6.20 Å². The van der Waals surface area contributed by atoms with E-state index in [-0.39, 0.29) is 17.1 Å². The zero-order valence-corrected chi connectivity index (χ0v) is 13.5. The summed E-state index contributed by atoms with van der Waals surface area (Å²) in [5.74, 6) is 0. The zero-order valence-electron chi connectivity index (χ0n) is 12.7. The fourth-order valence-corrected chi connectivity index (χ4v) is 3.27. The topological polar surface area (TPSA) is 86.9 Å². The highest BCUT2D eigenvalue weighted by Gasteiger charge is 2.22. The van der Waals surface area contributed by atoms with Gasteiger partial charge in [-0.25, -0.2) is 13.1 Å². The van der Waals surface area contributed by atoms with Crippen LogP contribution in [0.3, 0.4) is 0 Å². The Hall–Kier alpha value is -0.920. The van der Waals surface area contributed by atoms with Crippen LogP contribution in [0, 0.1) is 0 Å². The van der Waals surface area contributed by atoms with Crippen molar-refractivity contribution >= 4 is 10.0 Å². The van der Waals surface area contributed by atoms with Gasteiger partial charge >= 0.3 is 0 Å². The number of H-pyrrole nitrogens is 1. The van der Waals surface area contributed by atoms with Gasteiger partial charge in [0.05, 0.1) is 6.20 Å². The molecule has 3 N–H and O–H groups in total. The van der Waals surface area contributed by atoms with E-state index >= 15 is 0 Å². The van der Waals surface area contributed by atoms with E-state index in [1.165, 1.54) is 0 Å². The zero-order chi connectivity index (χ0) is 15.2. The monoisotopic (exact) mass is 302 g/mol. The maximum absolute atomic E-state index is 12.3. The SMILES string of the molecule is CCCCC(C)NS(=O)(=O)c1[nH]ncc1CNC(C)C. The summed E-state index contributed by atoms with van der Waals surface area (Å²) in [6.07, 6.45) is 4.46. The van der Waals surface area contributed by atoms with Crippen molar-refractivity contribution < 1.29 is 8.42 Å². The van der Waals surface area contributed by atoms with Crippen LogP contribution < -0.4 is 10.0 Å².